The van der Waals surface area contributed by atoms with Gasteiger partial charge < -0.3 is 10.6 Å². The normalized spacial score (nSPS) is 10.0. The van der Waals surface area contributed by atoms with Crippen molar-refractivity contribution in [3.8, 4) is 0 Å². The first-order valence-electron chi connectivity index (χ1n) is 5.90. The van der Waals surface area contributed by atoms with E-state index in [0.29, 0.717) is 0 Å². The van der Waals surface area contributed by atoms with Crippen LogP contribution < -0.4 is 10.6 Å². The summed E-state index contributed by atoms with van der Waals surface area (Å²) < 4.78 is 0. The molecule has 15 heavy (non-hydrogen) atoms. The van der Waals surface area contributed by atoms with Crippen molar-refractivity contribution in [1.82, 2.24) is 10.6 Å². The molecule has 4 heteroatoms. The minimum Gasteiger partial charge on any atom is -0.338 e. The number of thioether (sulfide) groups is 1. The molecule has 0 unspecified atom stereocenters. The Morgan fingerprint density at radius 2 is 1.73 bits per heavy atom. The minimum atomic E-state index is -0.0361. The predicted molar refractivity (Wildman–Crippen MR) is 68.5 cm³/mol. The van der Waals surface area contributed by atoms with Gasteiger partial charge in [-0.05, 0) is 18.6 Å². The maximum atomic E-state index is 11.1. The maximum Gasteiger partial charge on any atom is 0.314 e. The van der Waals surface area contributed by atoms with Crippen LogP contribution in [-0.2, 0) is 0 Å². The first kappa shape index (κ1) is 14.6. The molecule has 0 saturated heterocycles. The zero-order chi connectivity index (χ0) is 11.4. The van der Waals surface area contributed by atoms with Crippen molar-refractivity contribution < 1.29 is 4.79 Å². The summed E-state index contributed by atoms with van der Waals surface area (Å²) in [5, 5.41) is 5.62. The van der Waals surface area contributed by atoms with Gasteiger partial charge in [0.15, 0.2) is 0 Å². The Bertz CT molecular complexity index is 154. The zero-order valence-corrected chi connectivity index (χ0v) is 10.8. The highest BCUT2D eigenvalue weighted by molar-refractivity contribution is 7.99. The smallest absolute Gasteiger partial charge is 0.314 e. The molecule has 0 bridgehead atoms. The van der Waals surface area contributed by atoms with Crippen LogP contribution in [0.2, 0.25) is 0 Å². The Morgan fingerprint density at radius 3 is 2.40 bits per heavy atom. The number of carbonyl (C=O) groups excluding carboxylic acids is 1. The molecule has 0 fully saturated rings. The average molecular weight is 232 g/mol. The lowest BCUT2D eigenvalue weighted by atomic mass is 10.3. The third-order valence-corrected chi connectivity index (χ3v) is 3.03. The summed E-state index contributed by atoms with van der Waals surface area (Å²) in [5.41, 5.74) is 0. The number of unbranched alkanes of at least 4 members (excludes halogenated alkanes) is 2. The molecule has 0 heterocycles. The fraction of sp³-hybridized carbons (Fsp3) is 0.909. The molecule has 0 radical (unpaired) electrons. The number of hydrogen-bond donors (Lipinski definition) is 2. The van der Waals surface area contributed by atoms with E-state index in [1.807, 2.05) is 18.7 Å². The summed E-state index contributed by atoms with van der Waals surface area (Å²) in [6.07, 6.45) is 4.87. The standard InChI is InChI=1S/C11H24N2OS/c1-3-5-6-9-15-10-8-13-11(14)12-7-4-2/h3-10H2,1-2H3,(H2,12,13,14). The molecule has 0 rings (SSSR count). The predicted octanol–water partition coefficient (Wildman–Crippen LogP) is 2.62. The van der Waals surface area contributed by atoms with Crippen molar-refractivity contribution >= 4 is 17.8 Å². The number of nitrogens with one attached hydrogen (secondary N) is 2. The van der Waals surface area contributed by atoms with E-state index < -0.39 is 0 Å². The Kier molecular flexibility index (Phi) is 11.4. The lowest BCUT2D eigenvalue weighted by Gasteiger charge is -2.06. The molecular weight excluding hydrogens is 208 g/mol. The number of urea groups is 1. The molecule has 0 aliphatic heterocycles. The fourth-order valence-electron chi connectivity index (χ4n) is 1.09. The molecule has 2 N–H and O–H groups in total. The van der Waals surface area contributed by atoms with E-state index in [1.54, 1.807) is 0 Å². The summed E-state index contributed by atoms with van der Waals surface area (Å²) in [6, 6.07) is -0.0361. The second kappa shape index (κ2) is 11.7. The lowest BCUT2D eigenvalue weighted by molar-refractivity contribution is 0.241. The molecule has 0 atom stereocenters. The van der Waals surface area contributed by atoms with Crippen molar-refractivity contribution in [1.29, 1.82) is 0 Å². The van der Waals surface area contributed by atoms with Crippen molar-refractivity contribution in [2.24, 2.45) is 0 Å². The summed E-state index contributed by atoms with van der Waals surface area (Å²) >= 11 is 1.92. The van der Waals surface area contributed by atoms with Gasteiger partial charge in [0.25, 0.3) is 0 Å². The largest absolute Gasteiger partial charge is 0.338 e. The van der Waals surface area contributed by atoms with Crippen LogP contribution in [0.4, 0.5) is 4.79 Å². The summed E-state index contributed by atoms with van der Waals surface area (Å²) in [5.74, 6) is 2.23. The quantitative estimate of drug-likeness (QED) is 0.600. The van der Waals surface area contributed by atoms with Gasteiger partial charge in [0, 0.05) is 18.8 Å². The molecule has 0 aliphatic rings. The molecule has 90 valence electrons. The van der Waals surface area contributed by atoms with Crippen LogP contribution in [0.15, 0.2) is 0 Å². The molecule has 0 aliphatic carbocycles. The van der Waals surface area contributed by atoms with Crippen LogP contribution in [0.25, 0.3) is 0 Å². The molecule has 0 aromatic carbocycles. The molecule has 0 aromatic heterocycles. The Hall–Kier alpha value is -0.380. The van der Waals surface area contributed by atoms with Gasteiger partial charge in [0.1, 0.15) is 0 Å². The number of carbonyl (C=O) groups is 1. The second-order valence-electron chi connectivity index (χ2n) is 3.50. The zero-order valence-electron chi connectivity index (χ0n) is 9.97. The highest BCUT2D eigenvalue weighted by atomic mass is 32.2. The topological polar surface area (TPSA) is 41.1 Å². The van der Waals surface area contributed by atoms with Gasteiger partial charge >= 0.3 is 6.03 Å². The maximum absolute atomic E-state index is 11.1. The average Bonchev–Trinajstić information content (AvgIpc) is 2.25. The molecule has 0 saturated carbocycles. The summed E-state index contributed by atoms with van der Waals surface area (Å²) in [4.78, 5) is 11.1. The van der Waals surface area contributed by atoms with Crippen molar-refractivity contribution in [3.05, 3.63) is 0 Å². The van der Waals surface area contributed by atoms with E-state index in [1.165, 1.54) is 25.0 Å². The van der Waals surface area contributed by atoms with Gasteiger partial charge in [-0.3, -0.25) is 0 Å². The highest BCUT2D eigenvalue weighted by Crippen LogP contribution is 2.04. The number of hydrogen-bond acceptors (Lipinski definition) is 2. The lowest BCUT2D eigenvalue weighted by Crippen LogP contribution is -2.37. The van der Waals surface area contributed by atoms with Crippen molar-refractivity contribution in [2.75, 3.05) is 24.6 Å². The third kappa shape index (κ3) is 11.5. The molecule has 0 spiro atoms. The van der Waals surface area contributed by atoms with E-state index in [0.717, 1.165) is 25.3 Å². The van der Waals surface area contributed by atoms with E-state index in [9.17, 15) is 4.79 Å². The van der Waals surface area contributed by atoms with Gasteiger partial charge in [-0.2, -0.15) is 11.8 Å². The van der Waals surface area contributed by atoms with E-state index in [2.05, 4.69) is 17.6 Å². The van der Waals surface area contributed by atoms with Gasteiger partial charge in [-0.25, -0.2) is 4.79 Å². The summed E-state index contributed by atoms with van der Waals surface area (Å²) in [7, 11) is 0. The van der Waals surface area contributed by atoms with Crippen LogP contribution in [0.3, 0.4) is 0 Å². The number of rotatable bonds is 9. The van der Waals surface area contributed by atoms with Crippen LogP contribution in [0, 0.1) is 0 Å². The Labute approximate surface area is 97.8 Å². The summed E-state index contributed by atoms with van der Waals surface area (Å²) in [6.45, 7) is 5.79. The van der Waals surface area contributed by atoms with Crippen LogP contribution in [0.5, 0.6) is 0 Å². The SMILES string of the molecule is CCCCCSCCNC(=O)NCCC. The number of amides is 2. The van der Waals surface area contributed by atoms with Gasteiger partial charge in [-0.1, -0.05) is 26.7 Å². The van der Waals surface area contributed by atoms with Gasteiger partial charge in [-0.15, -0.1) is 0 Å². The first-order chi connectivity index (χ1) is 7.31. The van der Waals surface area contributed by atoms with E-state index in [-0.39, 0.29) is 6.03 Å². The molecule has 2 amide bonds. The van der Waals surface area contributed by atoms with Gasteiger partial charge in [0.2, 0.25) is 0 Å². The Balaban J connectivity index is 3.06. The third-order valence-electron chi connectivity index (χ3n) is 1.96. The van der Waals surface area contributed by atoms with E-state index in [4.69, 9.17) is 0 Å². The monoisotopic (exact) mass is 232 g/mol. The van der Waals surface area contributed by atoms with Crippen LogP contribution in [-0.4, -0.2) is 30.6 Å². The molecule has 0 aromatic rings. The van der Waals surface area contributed by atoms with Gasteiger partial charge in [0.05, 0.1) is 0 Å². The molecule has 3 nitrogen and oxygen atoms in total. The first-order valence-corrected chi connectivity index (χ1v) is 7.06. The van der Waals surface area contributed by atoms with Crippen molar-refractivity contribution in [2.45, 2.75) is 39.5 Å². The fourth-order valence-corrected chi connectivity index (χ4v) is 1.95. The van der Waals surface area contributed by atoms with Crippen LogP contribution >= 0.6 is 11.8 Å². The van der Waals surface area contributed by atoms with Crippen molar-refractivity contribution in [3.63, 3.8) is 0 Å². The second-order valence-corrected chi connectivity index (χ2v) is 4.73. The minimum absolute atomic E-state index is 0.0361. The highest BCUT2D eigenvalue weighted by Gasteiger charge is 1.96. The molecular formula is C11H24N2OS. The van der Waals surface area contributed by atoms with Crippen LogP contribution in [0.1, 0.15) is 39.5 Å². The Morgan fingerprint density at radius 1 is 1.00 bits per heavy atom. The van der Waals surface area contributed by atoms with E-state index >= 15 is 0 Å².